The van der Waals surface area contributed by atoms with Crippen LogP contribution in [-0.4, -0.2) is 42.3 Å². The molecule has 4 aliphatic carbocycles. The zero-order chi connectivity index (χ0) is 48.2. The lowest BCUT2D eigenvalue weighted by Gasteiger charge is -2.37. The monoisotopic (exact) mass is 964 g/mol. The third kappa shape index (κ3) is 16.2. The van der Waals surface area contributed by atoms with E-state index in [0.29, 0.717) is 36.1 Å². The zero-order valence-corrected chi connectivity index (χ0v) is 43.3. The van der Waals surface area contributed by atoms with Gasteiger partial charge < -0.3 is 14.2 Å². The van der Waals surface area contributed by atoms with Crippen molar-refractivity contribution in [2.24, 2.45) is 52.4 Å². The molecule has 0 N–H and O–H groups in total. The van der Waals surface area contributed by atoms with Crippen LogP contribution in [0.5, 0.6) is 11.5 Å². The van der Waals surface area contributed by atoms with Gasteiger partial charge in [0.25, 0.3) is 0 Å². The van der Waals surface area contributed by atoms with Gasteiger partial charge in [0.2, 0.25) is 5.13 Å². The number of anilines is 1. The van der Waals surface area contributed by atoms with Crippen molar-refractivity contribution in [3.05, 3.63) is 60.7 Å². The van der Waals surface area contributed by atoms with Gasteiger partial charge in [0, 0.05) is 18.2 Å². The molecule has 10 heteroatoms. The van der Waals surface area contributed by atoms with Gasteiger partial charge in [-0.15, -0.1) is 0 Å². The van der Waals surface area contributed by atoms with Crippen molar-refractivity contribution < 1.29 is 28.6 Å². The van der Waals surface area contributed by atoms with Crippen molar-refractivity contribution in [2.45, 2.75) is 194 Å². The molecule has 0 unspecified atom stereocenters. The first-order chi connectivity index (χ1) is 33.8. The van der Waals surface area contributed by atoms with Crippen LogP contribution in [0, 0.1) is 47.3 Å². The second kappa shape index (κ2) is 28.1. The lowest BCUT2D eigenvalue weighted by Crippen LogP contribution is -2.30. The van der Waals surface area contributed by atoms with Crippen molar-refractivity contribution >= 4 is 50.8 Å². The highest BCUT2D eigenvalue weighted by Gasteiger charge is 2.35. The molecular weight excluding hydrogens is 879 g/mol. The SMILES string of the molecule is C=CC(=O)OCCCCCCN(/N=C/c1cc(OC(=O)C2CCC(C3CCC(CCCCC)CC3)CC2)ccc1OC(=O)C1CCC(C2CCC(CCCCC)CC2)CC1)c1nc2ccccc2s1. The molecule has 0 amide bonds. The molecule has 2 aromatic carbocycles. The minimum absolute atomic E-state index is 0.110. The van der Waals surface area contributed by atoms with Crippen LogP contribution in [0.3, 0.4) is 0 Å². The quantitative estimate of drug-likeness (QED) is 0.0206. The maximum Gasteiger partial charge on any atom is 0.330 e. The van der Waals surface area contributed by atoms with E-state index in [1.54, 1.807) is 29.7 Å². The van der Waals surface area contributed by atoms with Crippen LogP contribution in [0.25, 0.3) is 10.2 Å². The number of esters is 3. The maximum atomic E-state index is 14.0. The average molecular weight is 964 g/mol. The molecular formula is C59H85N3O6S. The van der Waals surface area contributed by atoms with Crippen molar-refractivity contribution in [3.63, 3.8) is 0 Å². The molecule has 3 aromatic rings. The van der Waals surface area contributed by atoms with Gasteiger partial charge in [-0.3, -0.25) is 9.59 Å². The Balaban J connectivity index is 1.00. The number of benzene rings is 2. The van der Waals surface area contributed by atoms with E-state index in [9.17, 15) is 14.4 Å². The van der Waals surface area contributed by atoms with Gasteiger partial charge in [0.05, 0.1) is 34.9 Å². The molecule has 7 rings (SSSR count). The van der Waals surface area contributed by atoms with Crippen LogP contribution >= 0.6 is 11.3 Å². The Labute approximate surface area is 419 Å². The predicted molar refractivity (Wildman–Crippen MR) is 282 cm³/mol. The second-order valence-corrected chi connectivity index (χ2v) is 22.4. The normalized spacial score (nSPS) is 25.3. The van der Waals surface area contributed by atoms with Crippen LogP contribution in [0.2, 0.25) is 0 Å². The predicted octanol–water partition coefficient (Wildman–Crippen LogP) is 15.6. The van der Waals surface area contributed by atoms with Gasteiger partial charge >= 0.3 is 17.9 Å². The van der Waals surface area contributed by atoms with Gasteiger partial charge in [0.1, 0.15) is 11.5 Å². The number of hydrazone groups is 1. The Kier molecular flexibility index (Phi) is 21.5. The summed E-state index contributed by atoms with van der Waals surface area (Å²) in [6.45, 7) is 9.04. The number of fused-ring (bicyclic) bond motifs is 1. The molecule has 0 atom stereocenters. The molecule has 0 aliphatic heterocycles. The molecule has 0 bridgehead atoms. The molecule has 4 aliphatic rings. The van der Waals surface area contributed by atoms with Crippen LogP contribution in [0.1, 0.15) is 199 Å². The average Bonchev–Trinajstić information content (AvgIpc) is 3.82. The number of hydrogen-bond donors (Lipinski definition) is 0. The highest BCUT2D eigenvalue weighted by atomic mass is 32.1. The minimum Gasteiger partial charge on any atom is -0.463 e. The Morgan fingerprint density at radius 2 is 1.22 bits per heavy atom. The summed E-state index contributed by atoms with van der Waals surface area (Å²) in [5.74, 6) is 4.72. The Hall–Kier alpha value is -4.05. The number of thiazole rings is 1. The highest BCUT2D eigenvalue weighted by molar-refractivity contribution is 7.22. The maximum absolute atomic E-state index is 14.0. The van der Waals surface area contributed by atoms with E-state index in [1.165, 1.54) is 109 Å². The summed E-state index contributed by atoms with van der Waals surface area (Å²) < 4.78 is 18.7. The van der Waals surface area contributed by atoms with Crippen LogP contribution in [0.4, 0.5) is 5.13 Å². The summed E-state index contributed by atoms with van der Waals surface area (Å²) in [5.41, 5.74) is 1.50. The van der Waals surface area contributed by atoms with Crippen LogP contribution in [-0.2, 0) is 19.1 Å². The zero-order valence-electron chi connectivity index (χ0n) is 42.4. The van der Waals surface area contributed by atoms with Crippen molar-refractivity contribution in [1.82, 2.24) is 4.98 Å². The van der Waals surface area contributed by atoms with Crippen molar-refractivity contribution in [2.75, 3.05) is 18.2 Å². The third-order valence-electron chi connectivity index (χ3n) is 16.7. The number of hydrogen-bond acceptors (Lipinski definition) is 10. The Morgan fingerprint density at radius 3 is 1.78 bits per heavy atom. The van der Waals surface area contributed by atoms with Crippen molar-refractivity contribution in [3.8, 4) is 11.5 Å². The van der Waals surface area contributed by atoms with E-state index in [1.807, 2.05) is 29.3 Å². The Morgan fingerprint density at radius 1 is 0.667 bits per heavy atom. The van der Waals surface area contributed by atoms with Gasteiger partial charge in [0.15, 0.2) is 0 Å². The summed E-state index contributed by atoms with van der Waals surface area (Å²) in [6.07, 6.45) is 36.0. The highest BCUT2D eigenvalue weighted by Crippen LogP contribution is 2.44. The first kappa shape index (κ1) is 52.8. The fourth-order valence-electron chi connectivity index (χ4n) is 12.3. The Bertz CT molecular complexity index is 2030. The fourth-order valence-corrected chi connectivity index (χ4v) is 13.3. The lowest BCUT2D eigenvalue weighted by molar-refractivity contribution is -0.141. The summed E-state index contributed by atoms with van der Waals surface area (Å²) in [7, 11) is 0. The topological polar surface area (TPSA) is 107 Å². The van der Waals surface area contributed by atoms with E-state index in [0.717, 1.165) is 122 Å². The second-order valence-electron chi connectivity index (χ2n) is 21.4. The number of para-hydroxylation sites is 1. The number of carbonyl (C=O) groups excluding carboxylic acids is 3. The number of aromatic nitrogens is 1. The van der Waals surface area contributed by atoms with E-state index in [2.05, 4.69) is 26.5 Å². The largest absolute Gasteiger partial charge is 0.463 e. The van der Waals surface area contributed by atoms with E-state index >= 15 is 0 Å². The van der Waals surface area contributed by atoms with E-state index in [-0.39, 0.29) is 23.8 Å². The van der Waals surface area contributed by atoms with Gasteiger partial charge in [-0.1, -0.05) is 127 Å². The summed E-state index contributed by atoms with van der Waals surface area (Å²) >= 11 is 1.59. The van der Waals surface area contributed by atoms with E-state index < -0.39 is 5.97 Å². The molecule has 0 radical (unpaired) electrons. The molecule has 0 spiro atoms. The molecule has 1 aromatic heterocycles. The number of nitrogens with zero attached hydrogens (tertiary/aromatic N) is 3. The fraction of sp³-hybridized carbons (Fsp3) is 0.678. The number of carbonyl (C=O) groups is 3. The van der Waals surface area contributed by atoms with Gasteiger partial charge in [-0.05, 0) is 162 Å². The standard InChI is InChI=1S/C59H85N3O6S/c1-4-7-11-17-43-21-25-45(26-22-43)47-29-33-49(34-30-47)57(64)67-52-37-38-54(68-58(65)50-35-31-48(32-36-50)46-27-23-44(24-28-46)18-12-8-5-2)51(41-52)42-60-62(39-15-9-10-16-40-66-56(63)6-3)59-61-53-19-13-14-20-55(53)69-59/h6,13-14,19-20,37-38,41-50H,3-5,7-12,15-18,21-36,39-40H2,1-2H3/b60-42+. The van der Waals surface area contributed by atoms with E-state index in [4.69, 9.17) is 24.3 Å². The van der Waals surface area contributed by atoms with Crippen molar-refractivity contribution in [1.29, 1.82) is 0 Å². The molecule has 4 saturated carbocycles. The van der Waals surface area contributed by atoms with Gasteiger partial charge in [-0.25, -0.2) is 14.8 Å². The summed E-state index contributed by atoms with van der Waals surface area (Å²) in [4.78, 5) is 44.3. The number of unbranched alkanes of at least 4 members (excludes halogenated alkanes) is 7. The molecule has 4 fully saturated rings. The van der Waals surface area contributed by atoms with Crippen LogP contribution in [0.15, 0.2) is 60.2 Å². The first-order valence-electron chi connectivity index (χ1n) is 27.8. The smallest absolute Gasteiger partial charge is 0.330 e. The number of ether oxygens (including phenoxy) is 3. The first-order valence-corrected chi connectivity index (χ1v) is 28.6. The molecule has 0 saturated heterocycles. The van der Waals surface area contributed by atoms with Gasteiger partial charge in [-0.2, -0.15) is 5.10 Å². The summed E-state index contributed by atoms with van der Waals surface area (Å²) in [5, 5.41) is 7.72. The molecule has 9 nitrogen and oxygen atoms in total. The lowest BCUT2D eigenvalue weighted by atomic mass is 9.68. The molecule has 69 heavy (non-hydrogen) atoms. The molecule has 378 valence electrons. The summed E-state index contributed by atoms with van der Waals surface area (Å²) in [6, 6.07) is 13.5. The number of rotatable bonds is 25. The molecule has 1 heterocycles. The van der Waals surface area contributed by atoms with Crippen LogP contribution < -0.4 is 14.5 Å². The minimum atomic E-state index is -0.397. The third-order valence-corrected chi connectivity index (χ3v) is 17.7.